The van der Waals surface area contributed by atoms with Crippen molar-refractivity contribution in [2.75, 3.05) is 26.3 Å². The largest absolute Gasteiger partial charge is 0.465 e. The summed E-state index contributed by atoms with van der Waals surface area (Å²) in [5.41, 5.74) is -0.450. The van der Waals surface area contributed by atoms with E-state index in [4.69, 9.17) is 4.74 Å². The smallest absolute Gasteiger partial charge is 0.311 e. The topological polar surface area (TPSA) is 87.1 Å². The summed E-state index contributed by atoms with van der Waals surface area (Å²) in [7, 11) is 0. The molecule has 0 aromatic heterocycles. The van der Waals surface area contributed by atoms with Crippen LogP contribution in [0.1, 0.15) is 59.8 Å². The van der Waals surface area contributed by atoms with E-state index in [1.165, 1.54) is 0 Å². The molecule has 2 unspecified atom stereocenters. The Morgan fingerprint density at radius 3 is 2.56 bits per heavy atom. The third-order valence-electron chi connectivity index (χ3n) is 7.53. The maximum atomic E-state index is 14.2. The molecule has 3 rings (SSSR count). The van der Waals surface area contributed by atoms with Gasteiger partial charge >= 0.3 is 5.97 Å². The molecule has 2 bridgehead atoms. The van der Waals surface area contributed by atoms with E-state index in [0.29, 0.717) is 38.8 Å². The van der Waals surface area contributed by atoms with Crippen LogP contribution >= 0.6 is 11.8 Å². The fourth-order valence-electron chi connectivity index (χ4n) is 6.00. The Morgan fingerprint density at radius 2 is 1.97 bits per heavy atom. The molecule has 1 N–H and O–H groups in total. The quantitative estimate of drug-likeness (QED) is 0.271. The van der Waals surface area contributed by atoms with Gasteiger partial charge in [-0.25, -0.2) is 0 Å². The Labute approximate surface area is 208 Å². The lowest BCUT2D eigenvalue weighted by atomic mass is 9.66. The first kappa shape index (κ1) is 26.8. The predicted molar refractivity (Wildman–Crippen MR) is 134 cm³/mol. The number of fused-ring (bicyclic) bond motifs is 1. The van der Waals surface area contributed by atoms with Crippen LogP contribution in [0.15, 0.2) is 25.3 Å². The lowest BCUT2D eigenvalue weighted by Gasteiger charge is -2.42. The Kier molecular flexibility index (Phi) is 7.92. The lowest BCUT2D eigenvalue weighted by Crippen LogP contribution is -2.58. The number of nitrogens with zero attached hydrogens (tertiary/aromatic N) is 2. The van der Waals surface area contributed by atoms with Crippen molar-refractivity contribution in [1.29, 1.82) is 0 Å². The number of hydrogen-bond donors (Lipinski definition) is 1. The molecule has 3 fully saturated rings. The third kappa shape index (κ3) is 4.43. The van der Waals surface area contributed by atoms with Gasteiger partial charge in [0.25, 0.3) is 0 Å². The third-order valence-corrected chi connectivity index (χ3v) is 9.51. The van der Waals surface area contributed by atoms with Crippen molar-refractivity contribution < 1.29 is 24.2 Å². The minimum Gasteiger partial charge on any atom is -0.465 e. The zero-order chi connectivity index (χ0) is 25.3. The molecular formula is C26H40N2O5S. The highest BCUT2D eigenvalue weighted by atomic mass is 32.2. The van der Waals surface area contributed by atoms with Crippen molar-refractivity contribution in [3.63, 3.8) is 0 Å². The molecule has 3 saturated heterocycles. The summed E-state index contributed by atoms with van der Waals surface area (Å²) in [6, 6.07) is -0.652. The summed E-state index contributed by atoms with van der Waals surface area (Å²) in [5.74, 6) is -1.74. The van der Waals surface area contributed by atoms with E-state index in [1.807, 2.05) is 27.7 Å². The van der Waals surface area contributed by atoms with E-state index in [-0.39, 0.29) is 31.0 Å². The Morgan fingerprint density at radius 1 is 1.26 bits per heavy atom. The van der Waals surface area contributed by atoms with Gasteiger partial charge in [0, 0.05) is 30.0 Å². The summed E-state index contributed by atoms with van der Waals surface area (Å²) >= 11 is 1.65. The van der Waals surface area contributed by atoms with Crippen molar-refractivity contribution in [2.24, 2.45) is 11.8 Å². The maximum Gasteiger partial charge on any atom is 0.311 e. The molecule has 0 saturated carbocycles. The summed E-state index contributed by atoms with van der Waals surface area (Å²) < 4.78 is 4.48. The summed E-state index contributed by atoms with van der Waals surface area (Å²) in [4.78, 5) is 44.9. The molecule has 0 aliphatic carbocycles. The number of rotatable bonds is 11. The van der Waals surface area contributed by atoms with Gasteiger partial charge in [-0.3, -0.25) is 14.4 Å². The predicted octanol–water partition coefficient (Wildman–Crippen LogP) is 3.17. The highest BCUT2D eigenvalue weighted by Gasteiger charge is 2.77. The first-order valence-corrected chi connectivity index (χ1v) is 13.1. The second-order valence-corrected chi connectivity index (χ2v) is 12.7. The number of amides is 2. The van der Waals surface area contributed by atoms with Gasteiger partial charge in [-0.15, -0.1) is 24.9 Å². The van der Waals surface area contributed by atoms with Gasteiger partial charge in [0.15, 0.2) is 0 Å². The number of aliphatic hydroxyl groups excluding tert-OH is 1. The number of thioether (sulfide) groups is 1. The van der Waals surface area contributed by atoms with Crippen LogP contribution in [0.3, 0.4) is 0 Å². The van der Waals surface area contributed by atoms with Crippen molar-refractivity contribution in [1.82, 2.24) is 9.80 Å². The average Bonchev–Trinajstić information content (AvgIpc) is 3.32. The first-order valence-electron chi connectivity index (χ1n) is 12.3. The summed E-state index contributed by atoms with van der Waals surface area (Å²) in [6.07, 6.45) is 6.59. The summed E-state index contributed by atoms with van der Waals surface area (Å²) in [6.45, 7) is 16.5. The fourth-order valence-corrected chi connectivity index (χ4v) is 8.34. The van der Waals surface area contributed by atoms with E-state index >= 15 is 0 Å². The van der Waals surface area contributed by atoms with Crippen molar-refractivity contribution in [3.8, 4) is 0 Å². The monoisotopic (exact) mass is 492 g/mol. The van der Waals surface area contributed by atoms with Gasteiger partial charge in [-0.05, 0) is 59.8 Å². The number of carbonyl (C=O) groups excluding carboxylic acids is 3. The molecule has 8 heteroatoms. The van der Waals surface area contributed by atoms with Gasteiger partial charge in [0.2, 0.25) is 11.8 Å². The highest BCUT2D eigenvalue weighted by Crippen LogP contribution is 2.71. The minimum atomic E-state index is -0.658. The van der Waals surface area contributed by atoms with Crippen LogP contribution in [-0.2, 0) is 19.1 Å². The van der Waals surface area contributed by atoms with E-state index in [2.05, 4.69) is 13.2 Å². The van der Waals surface area contributed by atoms with E-state index in [1.54, 1.807) is 33.7 Å². The van der Waals surface area contributed by atoms with E-state index < -0.39 is 32.9 Å². The van der Waals surface area contributed by atoms with Gasteiger partial charge in [0.05, 0.1) is 23.2 Å². The van der Waals surface area contributed by atoms with Gasteiger partial charge in [-0.2, -0.15) is 0 Å². The van der Waals surface area contributed by atoms with Crippen LogP contribution in [0.25, 0.3) is 0 Å². The molecule has 3 aliphatic heterocycles. The Hall–Kier alpha value is -1.80. The van der Waals surface area contributed by atoms with Crippen LogP contribution < -0.4 is 0 Å². The zero-order valence-electron chi connectivity index (χ0n) is 21.0. The first-order chi connectivity index (χ1) is 16.0. The number of carbonyl (C=O) groups is 3. The standard InChI is InChI=1S/C26H40N2O5S/c1-7-9-17-33-23(32)19-18-21(30)27(15-10-11-16-29)20(26(18)13-12-25(19,6)34-26)22(31)28(14-8-2)24(3,4)5/h7-8,18-20,29H,1-2,9-17H2,3-6H3/t18-,19-,20?,25+,26?/m0/s1. The number of ether oxygens (including phenoxy) is 1. The van der Waals surface area contributed by atoms with Crippen molar-refractivity contribution in [2.45, 2.75) is 80.9 Å². The molecule has 0 radical (unpaired) electrons. The van der Waals surface area contributed by atoms with Crippen LogP contribution in [0, 0.1) is 11.8 Å². The van der Waals surface area contributed by atoms with Crippen LogP contribution in [0.5, 0.6) is 0 Å². The molecule has 190 valence electrons. The highest BCUT2D eigenvalue weighted by molar-refractivity contribution is 8.02. The van der Waals surface area contributed by atoms with Gasteiger partial charge in [0.1, 0.15) is 6.04 Å². The fraction of sp³-hybridized carbons (Fsp3) is 0.731. The molecule has 3 aliphatic rings. The van der Waals surface area contributed by atoms with Crippen LogP contribution in [0.2, 0.25) is 0 Å². The maximum absolute atomic E-state index is 14.2. The average molecular weight is 493 g/mol. The van der Waals surface area contributed by atoms with Gasteiger partial charge < -0.3 is 19.6 Å². The van der Waals surface area contributed by atoms with Gasteiger partial charge in [-0.1, -0.05) is 12.2 Å². The number of hydrogen-bond acceptors (Lipinski definition) is 6. The molecule has 0 aromatic rings. The Bertz CT molecular complexity index is 840. The number of unbranched alkanes of at least 4 members (excludes halogenated alkanes) is 1. The Balaban J connectivity index is 2.03. The molecule has 34 heavy (non-hydrogen) atoms. The van der Waals surface area contributed by atoms with Crippen molar-refractivity contribution >= 4 is 29.5 Å². The van der Waals surface area contributed by atoms with Crippen molar-refractivity contribution in [3.05, 3.63) is 25.3 Å². The molecule has 5 atom stereocenters. The molecule has 1 spiro atoms. The molecule has 3 heterocycles. The number of likely N-dealkylation sites (tertiary alicyclic amines) is 1. The zero-order valence-corrected chi connectivity index (χ0v) is 21.9. The second-order valence-electron chi connectivity index (χ2n) is 10.8. The molecular weight excluding hydrogens is 452 g/mol. The van der Waals surface area contributed by atoms with Crippen LogP contribution in [0.4, 0.5) is 0 Å². The summed E-state index contributed by atoms with van der Waals surface area (Å²) in [5, 5.41) is 9.30. The molecule has 7 nitrogen and oxygen atoms in total. The molecule has 2 amide bonds. The van der Waals surface area contributed by atoms with E-state index in [9.17, 15) is 19.5 Å². The second kappa shape index (κ2) is 10.1. The molecule has 0 aromatic carbocycles. The minimum absolute atomic E-state index is 0.0326. The lowest BCUT2D eigenvalue weighted by molar-refractivity contribution is -0.155. The number of esters is 1. The van der Waals surface area contributed by atoms with E-state index in [0.717, 1.165) is 6.42 Å². The van der Waals surface area contributed by atoms with Crippen LogP contribution in [-0.4, -0.2) is 80.1 Å². The number of aliphatic hydroxyl groups is 1. The SMILES string of the molecule is C=CCCOC(=O)[C@@H]1[C@H]2C(=O)N(CCCCO)C(C(=O)N(CC=C)C(C)(C)C)C23CC[C@@]1(C)S3. The normalized spacial score (nSPS) is 32.0.